The van der Waals surface area contributed by atoms with Gasteiger partial charge in [0.1, 0.15) is 11.8 Å². The third kappa shape index (κ3) is 6.96. The van der Waals surface area contributed by atoms with E-state index in [0.29, 0.717) is 23.7 Å². The number of rotatable bonds is 8. The number of nitrogens with one attached hydrogen (secondary N) is 1. The molecule has 2 amide bonds. The van der Waals surface area contributed by atoms with Crippen LogP contribution in [0.3, 0.4) is 0 Å². The van der Waals surface area contributed by atoms with E-state index in [1.54, 1.807) is 12.1 Å². The number of sulfonamides is 1. The van der Waals surface area contributed by atoms with Crippen LogP contribution in [-0.4, -0.2) is 68.0 Å². The van der Waals surface area contributed by atoms with E-state index >= 15 is 0 Å². The lowest BCUT2D eigenvalue weighted by Crippen LogP contribution is -2.52. The first-order valence-electron chi connectivity index (χ1n) is 11.5. The molecule has 1 unspecified atom stereocenters. The molecule has 1 heterocycles. The summed E-state index contributed by atoms with van der Waals surface area (Å²) in [6.45, 7) is 4.01. The summed E-state index contributed by atoms with van der Waals surface area (Å²) < 4.78 is 30.3. The zero-order valence-corrected chi connectivity index (χ0v) is 22.0. The van der Waals surface area contributed by atoms with Crippen molar-refractivity contribution in [1.82, 2.24) is 9.21 Å². The van der Waals surface area contributed by atoms with Crippen molar-refractivity contribution >= 4 is 39.1 Å². The Bertz CT molecular complexity index is 1190. The lowest BCUT2D eigenvalue weighted by Gasteiger charge is -2.35. The van der Waals surface area contributed by atoms with Crippen molar-refractivity contribution in [3.8, 4) is 16.9 Å². The van der Waals surface area contributed by atoms with Gasteiger partial charge in [-0.15, -0.1) is 0 Å². The highest BCUT2D eigenvalue weighted by Crippen LogP contribution is 2.36. The molecule has 190 valence electrons. The van der Waals surface area contributed by atoms with Gasteiger partial charge in [-0.05, 0) is 51.3 Å². The van der Waals surface area contributed by atoms with Gasteiger partial charge in [0.15, 0.2) is 0 Å². The normalized spacial score (nSPS) is 16.4. The Morgan fingerprint density at radius 1 is 1.17 bits per heavy atom. The lowest BCUT2D eigenvalue weighted by atomic mass is 10.0. The van der Waals surface area contributed by atoms with Gasteiger partial charge in [0.25, 0.3) is 0 Å². The Hall–Kier alpha value is -2.62. The number of benzene rings is 2. The van der Waals surface area contributed by atoms with Crippen LogP contribution in [0.25, 0.3) is 11.1 Å². The zero-order valence-electron chi connectivity index (χ0n) is 20.5. The van der Waals surface area contributed by atoms with Crippen LogP contribution in [0, 0.1) is 0 Å². The molecule has 0 radical (unpaired) electrons. The highest BCUT2D eigenvalue weighted by molar-refractivity contribution is 7.88. The first-order chi connectivity index (χ1) is 16.5. The van der Waals surface area contributed by atoms with Gasteiger partial charge < -0.3 is 15.0 Å². The molecule has 2 aromatic carbocycles. The molecule has 8 nitrogen and oxygen atoms in total. The number of likely N-dealkylation sites (N-methyl/N-ethyl adjacent to an activating group) is 1. The molecule has 0 saturated carbocycles. The third-order valence-electron chi connectivity index (χ3n) is 5.83. The van der Waals surface area contributed by atoms with Crippen LogP contribution < -0.4 is 10.1 Å². The summed E-state index contributed by atoms with van der Waals surface area (Å²) in [6, 6.07) is 12.2. The van der Waals surface area contributed by atoms with E-state index in [0.717, 1.165) is 40.3 Å². The number of nitrogens with zero attached hydrogens (tertiary/aromatic N) is 2. The number of carbonyl (C=O) groups excluding carboxylic acids is 2. The van der Waals surface area contributed by atoms with E-state index < -0.39 is 22.0 Å². The van der Waals surface area contributed by atoms with Gasteiger partial charge in [0, 0.05) is 30.4 Å². The minimum Gasteiger partial charge on any atom is -0.490 e. The second-order valence-corrected chi connectivity index (χ2v) is 11.5. The van der Waals surface area contributed by atoms with Crippen LogP contribution in [0.2, 0.25) is 5.02 Å². The first-order valence-corrected chi connectivity index (χ1v) is 13.8. The van der Waals surface area contributed by atoms with Gasteiger partial charge in [0.05, 0.1) is 23.9 Å². The topological polar surface area (TPSA) is 96.0 Å². The Labute approximate surface area is 212 Å². The molecule has 10 heteroatoms. The fourth-order valence-corrected chi connectivity index (χ4v) is 4.61. The molecule has 1 fully saturated rings. The van der Waals surface area contributed by atoms with E-state index in [1.165, 1.54) is 11.9 Å². The molecule has 1 saturated heterocycles. The van der Waals surface area contributed by atoms with E-state index in [9.17, 15) is 18.0 Å². The number of amides is 2. The molecule has 1 atom stereocenters. The van der Waals surface area contributed by atoms with Crippen LogP contribution in [0.1, 0.15) is 33.1 Å². The molecular weight excluding hydrogens is 490 g/mol. The first kappa shape index (κ1) is 27.0. The second-order valence-electron chi connectivity index (χ2n) is 8.96. The maximum Gasteiger partial charge on any atom is 0.247 e. The van der Waals surface area contributed by atoms with Gasteiger partial charge in [-0.1, -0.05) is 35.9 Å². The maximum atomic E-state index is 13.1. The largest absolute Gasteiger partial charge is 0.490 e. The van der Waals surface area contributed by atoms with E-state index in [4.69, 9.17) is 16.3 Å². The molecule has 0 aromatic heterocycles. The van der Waals surface area contributed by atoms with Crippen LogP contribution in [0.5, 0.6) is 5.75 Å². The van der Waals surface area contributed by atoms with Crippen molar-refractivity contribution in [2.24, 2.45) is 0 Å². The van der Waals surface area contributed by atoms with Crippen molar-refractivity contribution < 1.29 is 22.7 Å². The molecule has 1 aliphatic rings. The quantitative estimate of drug-likeness (QED) is 0.566. The van der Waals surface area contributed by atoms with Crippen molar-refractivity contribution in [3.05, 3.63) is 47.5 Å². The number of ether oxygens (including phenoxy) is 1. The number of piperidine rings is 1. The summed E-state index contributed by atoms with van der Waals surface area (Å²) in [5.41, 5.74) is 2.14. The van der Waals surface area contributed by atoms with Gasteiger partial charge >= 0.3 is 0 Å². The molecule has 3 rings (SSSR count). The molecule has 0 aliphatic carbocycles. The van der Waals surface area contributed by atoms with Crippen LogP contribution in [0.4, 0.5) is 5.69 Å². The van der Waals surface area contributed by atoms with Gasteiger partial charge in [-0.3, -0.25) is 9.59 Å². The van der Waals surface area contributed by atoms with Crippen LogP contribution in [0.15, 0.2) is 42.5 Å². The molecule has 0 spiro atoms. The number of carbonyl (C=O) groups is 2. The van der Waals surface area contributed by atoms with Crippen LogP contribution >= 0.6 is 11.6 Å². The van der Waals surface area contributed by atoms with Gasteiger partial charge in [-0.2, -0.15) is 4.31 Å². The highest BCUT2D eigenvalue weighted by atomic mass is 35.5. The number of hydrogen-bond donors (Lipinski definition) is 1. The lowest BCUT2D eigenvalue weighted by molar-refractivity contribution is -0.140. The predicted octanol–water partition coefficient (Wildman–Crippen LogP) is 4.01. The monoisotopic (exact) mass is 521 g/mol. The van der Waals surface area contributed by atoms with Gasteiger partial charge in [0.2, 0.25) is 21.8 Å². The predicted molar refractivity (Wildman–Crippen MR) is 138 cm³/mol. The van der Waals surface area contributed by atoms with Crippen molar-refractivity contribution in [1.29, 1.82) is 0 Å². The fraction of sp³-hybridized carbons (Fsp3) is 0.440. The summed E-state index contributed by atoms with van der Waals surface area (Å²) in [5, 5.41) is 3.32. The summed E-state index contributed by atoms with van der Waals surface area (Å²) in [4.78, 5) is 27.4. The zero-order chi connectivity index (χ0) is 25.8. The average Bonchev–Trinajstić information content (AvgIpc) is 2.78. The summed E-state index contributed by atoms with van der Waals surface area (Å²) in [5.74, 6) is -0.00283. The molecule has 2 aromatic rings. The fourth-order valence-electron chi connectivity index (χ4n) is 3.98. The number of hydrogen-bond acceptors (Lipinski definition) is 5. The maximum absolute atomic E-state index is 13.1. The van der Waals surface area contributed by atoms with E-state index in [2.05, 4.69) is 5.32 Å². The Balaban J connectivity index is 1.76. The Kier molecular flexibility index (Phi) is 8.79. The Morgan fingerprint density at radius 2 is 1.89 bits per heavy atom. The highest BCUT2D eigenvalue weighted by Gasteiger charge is 2.33. The number of anilines is 1. The van der Waals surface area contributed by atoms with E-state index in [-0.39, 0.29) is 18.6 Å². The number of likely N-dealkylation sites (tertiary alicyclic amines) is 1. The van der Waals surface area contributed by atoms with Crippen LogP contribution in [-0.2, 0) is 19.6 Å². The molecule has 1 aliphatic heterocycles. The van der Waals surface area contributed by atoms with Crippen molar-refractivity contribution in [2.75, 3.05) is 31.7 Å². The van der Waals surface area contributed by atoms with Gasteiger partial charge in [-0.25, -0.2) is 8.42 Å². The molecule has 35 heavy (non-hydrogen) atoms. The summed E-state index contributed by atoms with van der Waals surface area (Å²) >= 11 is 6.59. The molecule has 1 N–H and O–H groups in total. The standard InChI is InChI=1S/C25H32ClN3O5S/c1-17(2)34-23-11-6-5-9-20(23)19-13-12-18(15-21(19)26)27-25(31)22-10-7-8-14-29(22)24(30)16-28(3)35(4,32)33/h5-6,9,11-13,15,17,22H,7-8,10,14,16H2,1-4H3,(H,27,31). The number of para-hydroxylation sites is 1. The third-order valence-corrected chi connectivity index (χ3v) is 7.40. The average molecular weight is 522 g/mol. The Morgan fingerprint density at radius 3 is 2.54 bits per heavy atom. The van der Waals surface area contributed by atoms with E-state index in [1.807, 2.05) is 44.2 Å². The minimum atomic E-state index is -3.50. The molecular formula is C25H32ClN3O5S. The van der Waals surface area contributed by atoms with Crippen molar-refractivity contribution in [2.45, 2.75) is 45.3 Å². The summed E-state index contributed by atoms with van der Waals surface area (Å²) in [7, 11) is -2.16. The number of halogens is 1. The second kappa shape index (κ2) is 11.4. The smallest absolute Gasteiger partial charge is 0.247 e. The minimum absolute atomic E-state index is 0.00635. The molecule has 0 bridgehead atoms. The SMILES string of the molecule is CC(C)Oc1ccccc1-c1ccc(NC(=O)C2CCCCN2C(=O)CN(C)S(C)(=O)=O)cc1Cl. The van der Waals surface area contributed by atoms with Crippen molar-refractivity contribution in [3.63, 3.8) is 0 Å². The summed E-state index contributed by atoms with van der Waals surface area (Å²) in [6.07, 6.45) is 3.12.